The molecule has 0 aliphatic rings. The van der Waals surface area contributed by atoms with E-state index in [0.29, 0.717) is 6.42 Å². The van der Waals surface area contributed by atoms with Gasteiger partial charge < -0.3 is 5.73 Å². The average Bonchev–Trinajstić information content (AvgIpc) is 2.40. The number of primary amides is 1. The maximum Gasteiger partial charge on any atom is 0.217 e. The molecule has 0 aromatic heterocycles. The number of benzene rings is 1. The fourth-order valence-corrected chi connectivity index (χ4v) is 1.27. The Kier molecular flexibility index (Phi) is 15.6. The van der Waals surface area contributed by atoms with Gasteiger partial charge in [-0.3, -0.25) is 4.79 Å². The zero-order valence-electron chi connectivity index (χ0n) is 11.7. The van der Waals surface area contributed by atoms with Crippen LogP contribution in [0.15, 0.2) is 30.3 Å². The minimum absolute atomic E-state index is 0.201. The van der Waals surface area contributed by atoms with Crippen LogP contribution < -0.4 is 5.73 Å². The van der Waals surface area contributed by atoms with Crippen molar-refractivity contribution >= 4 is 5.91 Å². The van der Waals surface area contributed by atoms with Crippen LogP contribution in [0.4, 0.5) is 0 Å². The highest BCUT2D eigenvalue weighted by molar-refractivity contribution is 5.73. The van der Waals surface area contributed by atoms with Crippen molar-refractivity contribution in [2.45, 2.75) is 53.4 Å². The van der Waals surface area contributed by atoms with Crippen LogP contribution in [0, 0.1) is 0 Å². The minimum Gasteiger partial charge on any atom is -0.370 e. The van der Waals surface area contributed by atoms with Crippen molar-refractivity contribution in [1.82, 2.24) is 0 Å². The third kappa shape index (κ3) is 12.6. The van der Waals surface area contributed by atoms with Crippen molar-refractivity contribution in [2.75, 3.05) is 0 Å². The zero-order valence-corrected chi connectivity index (χ0v) is 11.7. The predicted octanol–water partition coefficient (Wildman–Crippen LogP) is 3.94. The van der Waals surface area contributed by atoms with Crippen LogP contribution in [0.1, 0.15) is 52.5 Å². The first kappa shape index (κ1) is 18.1. The quantitative estimate of drug-likeness (QED) is 0.774. The highest BCUT2D eigenvalue weighted by atomic mass is 16.1. The summed E-state index contributed by atoms with van der Waals surface area (Å²) < 4.78 is 0. The van der Waals surface area contributed by atoms with Crippen molar-refractivity contribution in [3.63, 3.8) is 0 Å². The Morgan fingerprint density at radius 1 is 1.00 bits per heavy atom. The molecule has 0 bridgehead atoms. The van der Waals surface area contributed by atoms with E-state index in [0.717, 1.165) is 19.3 Å². The van der Waals surface area contributed by atoms with Crippen molar-refractivity contribution in [2.24, 2.45) is 5.73 Å². The number of amides is 1. The van der Waals surface area contributed by atoms with Gasteiger partial charge in [-0.05, 0) is 24.8 Å². The molecular formula is C15H27NO. The van der Waals surface area contributed by atoms with Crippen LogP contribution in [0.2, 0.25) is 0 Å². The van der Waals surface area contributed by atoms with E-state index >= 15 is 0 Å². The van der Waals surface area contributed by atoms with Crippen molar-refractivity contribution < 1.29 is 4.79 Å². The highest BCUT2D eigenvalue weighted by Gasteiger charge is 1.95. The molecule has 1 amide bonds. The highest BCUT2D eigenvalue weighted by Crippen LogP contribution is 2.05. The lowest BCUT2D eigenvalue weighted by atomic mass is 10.1. The Bertz CT molecular complexity index is 257. The van der Waals surface area contributed by atoms with Gasteiger partial charge in [-0.2, -0.15) is 0 Å². The van der Waals surface area contributed by atoms with Gasteiger partial charge in [-0.1, -0.05) is 58.0 Å². The second kappa shape index (κ2) is 14.7. The summed E-state index contributed by atoms with van der Waals surface area (Å²) in [6, 6.07) is 10.3. The summed E-state index contributed by atoms with van der Waals surface area (Å²) >= 11 is 0. The molecule has 1 rings (SSSR count). The first-order valence-corrected chi connectivity index (χ1v) is 6.61. The van der Waals surface area contributed by atoms with Gasteiger partial charge >= 0.3 is 0 Å². The molecule has 0 aliphatic carbocycles. The fraction of sp³-hybridized carbons (Fsp3) is 0.533. The Hall–Kier alpha value is -1.31. The average molecular weight is 237 g/mol. The molecule has 0 radical (unpaired) electrons. The number of rotatable bonds is 5. The summed E-state index contributed by atoms with van der Waals surface area (Å²) in [6.45, 7) is 8.00. The summed E-state index contributed by atoms with van der Waals surface area (Å²) in [5.41, 5.74) is 6.36. The Labute approximate surface area is 106 Å². The van der Waals surface area contributed by atoms with Crippen LogP contribution in [0.3, 0.4) is 0 Å². The van der Waals surface area contributed by atoms with Gasteiger partial charge in [0.05, 0.1) is 0 Å². The van der Waals surface area contributed by atoms with Crippen LogP contribution >= 0.6 is 0 Å². The molecule has 0 heterocycles. The fourth-order valence-electron chi connectivity index (χ4n) is 1.27. The van der Waals surface area contributed by atoms with Gasteiger partial charge in [-0.15, -0.1) is 0 Å². The second-order valence-electron chi connectivity index (χ2n) is 3.16. The van der Waals surface area contributed by atoms with E-state index < -0.39 is 0 Å². The molecule has 0 saturated heterocycles. The molecule has 98 valence electrons. The molecule has 2 nitrogen and oxygen atoms in total. The standard InChI is InChI=1S/C11H15NO.2C2H6/c12-11(13)9-5-4-8-10-6-2-1-3-7-10;2*1-2/h1-3,6-7H,4-5,8-9H2,(H2,12,13);2*1-2H3. The topological polar surface area (TPSA) is 43.1 Å². The third-order valence-electron chi connectivity index (χ3n) is 1.98. The number of hydrogen-bond donors (Lipinski definition) is 1. The number of unbranched alkanes of at least 4 members (excludes halogenated alkanes) is 1. The van der Waals surface area contributed by atoms with E-state index in [1.165, 1.54) is 5.56 Å². The monoisotopic (exact) mass is 237 g/mol. The molecule has 0 unspecified atom stereocenters. The molecule has 2 N–H and O–H groups in total. The van der Waals surface area contributed by atoms with Gasteiger partial charge in [0.2, 0.25) is 5.91 Å². The summed E-state index contributed by atoms with van der Waals surface area (Å²) in [5.74, 6) is -0.201. The molecule has 0 fully saturated rings. The molecule has 0 atom stereocenters. The first-order valence-electron chi connectivity index (χ1n) is 6.61. The number of hydrogen-bond acceptors (Lipinski definition) is 1. The number of carbonyl (C=O) groups is 1. The number of nitrogens with two attached hydrogens (primary N) is 1. The third-order valence-corrected chi connectivity index (χ3v) is 1.98. The summed E-state index contributed by atoms with van der Waals surface area (Å²) in [7, 11) is 0. The van der Waals surface area contributed by atoms with E-state index in [1.54, 1.807) is 0 Å². The van der Waals surface area contributed by atoms with E-state index in [-0.39, 0.29) is 5.91 Å². The maximum atomic E-state index is 10.4. The summed E-state index contributed by atoms with van der Waals surface area (Å²) in [5, 5.41) is 0. The Morgan fingerprint density at radius 2 is 1.53 bits per heavy atom. The largest absolute Gasteiger partial charge is 0.370 e. The summed E-state index contributed by atoms with van der Waals surface area (Å²) in [4.78, 5) is 10.4. The lowest BCUT2D eigenvalue weighted by Gasteiger charge is -1.99. The van der Waals surface area contributed by atoms with Crippen molar-refractivity contribution in [1.29, 1.82) is 0 Å². The molecule has 1 aromatic carbocycles. The maximum absolute atomic E-state index is 10.4. The second-order valence-corrected chi connectivity index (χ2v) is 3.16. The predicted molar refractivity (Wildman–Crippen MR) is 75.9 cm³/mol. The van der Waals surface area contributed by atoms with Crippen molar-refractivity contribution in [3.8, 4) is 0 Å². The summed E-state index contributed by atoms with van der Waals surface area (Å²) in [6.07, 6.45) is 3.47. The van der Waals surface area contributed by atoms with Crippen molar-refractivity contribution in [3.05, 3.63) is 35.9 Å². The first-order chi connectivity index (χ1) is 8.29. The molecule has 2 heteroatoms. The van der Waals surface area contributed by atoms with Crippen LogP contribution in [0.25, 0.3) is 0 Å². The SMILES string of the molecule is CC.CC.NC(=O)CCCCc1ccccc1. The van der Waals surface area contributed by atoms with Crippen LogP contribution in [-0.4, -0.2) is 5.91 Å². The molecular weight excluding hydrogens is 210 g/mol. The van der Waals surface area contributed by atoms with E-state index in [9.17, 15) is 4.79 Å². The molecule has 17 heavy (non-hydrogen) atoms. The Morgan fingerprint density at radius 3 is 2.00 bits per heavy atom. The van der Waals surface area contributed by atoms with Gasteiger partial charge in [-0.25, -0.2) is 0 Å². The smallest absolute Gasteiger partial charge is 0.217 e. The Balaban J connectivity index is 0. The van der Waals surface area contributed by atoms with E-state index in [2.05, 4.69) is 12.1 Å². The van der Waals surface area contributed by atoms with Gasteiger partial charge in [0.25, 0.3) is 0 Å². The lowest BCUT2D eigenvalue weighted by molar-refractivity contribution is -0.118. The molecule has 1 aromatic rings. The van der Waals surface area contributed by atoms with Gasteiger partial charge in [0.1, 0.15) is 0 Å². The molecule has 0 saturated carbocycles. The molecule has 0 spiro atoms. The zero-order chi connectivity index (χ0) is 13.5. The van der Waals surface area contributed by atoms with Crippen LogP contribution in [-0.2, 0) is 11.2 Å². The minimum atomic E-state index is -0.201. The van der Waals surface area contributed by atoms with E-state index in [1.807, 2.05) is 45.9 Å². The van der Waals surface area contributed by atoms with Crippen LogP contribution in [0.5, 0.6) is 0 Å². The normalized spacial score (nSPS) is 8.24. The number of aryl methyl sites for hydroxylation is 1. The van der Waals surface area contributed by atoms with Gasteiger partial charge in [0.15, 0.2) is 0 Å². The van der Waals surface area contributed by atoms with E-state index in [4.69, 9.17) is 5.73 Å². The molecule has 0 aliphatic heterocycles. The number of carbonyl (C=O) groups excluding carboxylic acids is 1. The van der Waals surface area contributed by atoms with Gasteiger partial charge in [0, 0.05) is 6.42 Å². The lowest BCUT2D eigenvalue weighted by Crippen LogP contribution is -2.09.